The minimum atomic E-state index is -0.263. The van der Waals surface area contributed by atoms with E-state index in [9.17, 15) is 4.79 Å². The number of nitrogens with zero attached hydrogens (tertiary/aromatic N) is 6. The first-order valence-electron chi connectivity index (χ1n) is 10.9. The monoisotopic (exact) mass is 436 g/mol. The molecular formula is C22H28N8O2. The van der Waals surface area contributed by atoms with Gasteiger partial charge in [-0.05, 0) is 33.3 Å². The first-order chi connectivity index (χ1) is 15.4. The third-order valence-electron chi connectivity index (χ3n) is 5.95. The van der Waals surface area contributed by atoms with Crippen LogP contribution < -0.4 is 25.2 Å². The largest absolute Gasteiger partial charge is 0.478 e. The molecule has 32 heavy (non-hydrogen) atoms. The minimum Gasteiger partial charge on any atom is -0.478 e. The number of hydrogen-bond acceptors (Lipinski definition) is 7. The molecule has 0 unspecified atom stereocenters. The second-order valence-corrected chi connectivity index (χ2v) is 8.59. The van der Waals surface area contributed by atoms with E-state index in [-0.39, 0.29) is 6.03 Å². The number of rotatable bonds is 3. The lowest BCUT2D eigenvalue weighted by Crippen LogP contribution is -2.54. The smallest absolute Gasteiger partial charge is 0.328 e. The van der Waals surface area contributed by atoms with Crippen LogP contribution in [0, 0.1) is 6.92 Å². The molecular weight excluding hydrogens is 408 g/mol. The third-order valence-corrected chi connectivity index (χ3v) is 5.95. The number of imidazole rings is 1. The molecule has 10 heteroatoms. The van der Waals surface area contributed by atoms with Crippen molar-refractivity contribution in [2.24, 2.45) is 0 Å². The van der Waals surface area contributed by atoms with Crippen molar-refractivity contribution in [1.29, 1.82) is 0 Å². The van der Waals surface area contributed by atoms with Crippen molar-refractivity contribution in [1.82, 2.24) is 24.7 Å². The van der Waals surface area contributed by atoms with E-state index in [4.69, 9.17) is 4.74 Å². The number of nitrogens with one attached hydrogen (secondary N) is 2. The van der Waals surface area contributed by atoms with Gasteiger partial charge in [0.05, 0.1) is 19.0 Å². The topological polar surface area (TPSA) is 99.9 Å². The summed E-state index contributed by atoms with van der Waals surface area (Å²) < 4.78 is 7.17. The molecule has 1 saturated heterocycles. The SMILES string of the molecule is COc1nc(NC(=O)N2CCc3c(N4C[C@@H](C)N[C@@H](C)C4)ccnc32)cn2cc(C)nc12. The van der Waals surface area contributed by atoms with Gasteiger partial charge in [0, 0.05) is 55.4 Å². The van der Waals surface area contributed by atoms with Gasteiger partial charge in [0.2, 0.25) is 5.65 Å². The Morgan fingerprint density at radius 2 is 2.00 bits per heavy atom. The number of aryl methyl sites for hydroxylation is 1. The summed E-state index contributed by atoms with van der Waals surface area (Å²) in [6.07, 6.45) is 6.16. The van der Waals surface area contributed by atoms with E-state index < -0.39 is 0 Å². The number of aromatic nitrogens is 4. The van der Waals surface area contributed by atoms with Crippen molar-refractivity contribution in [3.63, 3.8) is 0 Å². The molecule has 3 aromatic rings. The van der Waals surface area contributed by atoms with Crippen LogP contribution in [0.4, 0.5) is 22.1 Å². The normalized spacial score (nSPS) is 20.5. The van der Waals surface area contributed by atoms with Gasteiger partial charge in [0.1, 0.15) is 5.82 Å². The van der Waals surface area contributed by atoms with E-state index in [1.807, 2.05) is 13.1 Å². The zero-order chi connectivity index (χ0) is 22.4. The fourth-order valence-electron chi connectivity index (χ4n) is 4.76. The Balaban J connectivity index is 1.40. The van der Waals surface area contributed by atoms with Crippen LogP contribution in [-0.4, -0.2) is 64.2 Å². The number of methoxy groups -OCH3 is 1. The molecule has 0 radical (unpaired) electrons. The van der Waals surface area contributed by atoms with Crippen molar-refractivity contribution < 1.29 is 9.53 Å². The number of hydrogen-bond donors (Lipinski definition) is 2. The number of urea groups is 1. The summed E-state index contributed by atoms with van der Waals surface area (Å²) >= 11 is 0. The summed E-state index contributed by atoms with van der Waals surface area (Å²) in [7, 11) is 1.54. The molecule has 10 nitrogen and oxygen atoms in total. The number of amides is 2. The van der Waals surface area contributed by atoms with Crippen LogP contribution in [0.2, 0.25) is 0 Å². The van der Waals surface area contributed by atoms with Crippen molar-refractivity contribution in [3.05, 3.63) is 35.9 Å². The van der Waals surface area contributed by atoms with Gasteiger partial charge < -0.3 is 15.0 Å². The highest BCUT2D eigenvalue weighted by molar-refractivity contribution is 6.02. The number of ether oxygens (including phenoxy) is 1. The molecule has 0 spiro atoms. The average molecular weight is 437 g/mol. The molecule has 0 aliphatic carbocycles. The van der Waals surface area contributed by atoms with Gasteiger partial charge in [-0.15, -0.1) is 0 Å². The first kappa shape index (κ1) is 20.5. The zero-order valence-corrected chi connectivity index (χ0v) is 18.8. The summed E-state index contributed by atoms with van der Waals surface area (Å²) in [6.45, 7) is 8.73. The van der Waals surface area contributed by atoms with E-state index >= 15 is 0 Å². The maximum Gasteiger partial charge on any atom is 0.328 e. The van der Waals surface area contributed by atoms with Gasteiger partial charge in [-0.25, -0.2) is 14.8 Å². The summed E-state index contributed by atoms with van der Waals surface area (Å²) in [5.41, 5.74) is 3.74. The van der Waals surface area contributed by atoms with E-state index in [0.29, 0.717) is 41.8 Å². The Bertz CT molecular complexity index is 1170. The van der Waals surface area contributed by atoms with Crippen molar-refractivity contribution in [2.45, 2.75) is 39.3 Å². The second-order valence-electron chi connectivity index (χ2n) is 8.59. The predicted octanol–water partition coefficient (Wildman–Crippen LogP) is 2.22. The lowest BCUT2D eigenvalue weighted by Gasteiger charge is -2.38. The standard InChI is InChI=1S/C22H28N8O2/c1-13-9-28(10-14(2)24-13)17-5-7-23-19-16(17)6-8-30(19)22(31)27-18-12-29-11-15(3)25-20(29)21(26-18)32-4/h5,7,11-14,24H,6,8-10H2,1-4H3,(H,27,31)/t13-,14+. The summed E-state index contributed by atoms with van der Waals surface area (Å²) in [5, 5.41) is 6.47. The number of fused-ring (bicyclic) bond motifs is 2. The maximum absolute atomic E-state index is 13.2. The van der Waals surface area contributed by atoms with Gasteiger partial charge in [-0.1, -0.05) is 0 Å². The average Bonchev–Trinajstić information content (AvgIpc) is 3.35. The molecule has 168 valence electrons. The van der Waals surface area contributed by atoms with Crippen LogP contribution in [0.15, 0.2) is 24.7 Å². The van der Waals surface area contributed by atoms with Crippen LogP contribution in [-0.2, 0) is 6.42 Å². The van der Waals surface area contributed by atoms with E-state index in [2.05, 4.69) is 50.4 Å². The second kappa shape index (κ2) is 7.94. The molecule has 2 N–H and O–H groups in total. The van der Waals surface area contributed by atoms with E-state index in [1.54, 1.807) is 21.7 Å². The van der Waals surface area contributed by atoms with E-state index in [1.165, 1.54) is 12.8 Å². The van der Waals surface area contributed by atoms with Crippen molar-refractivity contribution in [3.8, 4) is 5.88 Å². The summed E-state index contributed by atoms with van der Waals surface area (Å²) in [6, 6.07) is 2.62. The summed E-state index contributed by atoms with van der Waals surface area (Å²) in [5.74, 6) is 1.47. The highest BCUT2D eigenvalue weighted by Crippen LogP contribution is 2.35. The van der Waals surface area contributed by atoms with Gasteiger partial charge in [0.25, 0.3) is 5.88 Å². The third kappa shape index (κ3) is 3.60. The first-order valence-corrected chi connectivity index (χ1v) is 10.9. The van der Waals surface area contributed by atoms with Gasteiger partial charge in [0.15, 0.2) is 5.82 Å². The number of pyridine rings is 1. The molecule has 2 aliphatic rings. The number of carbonyl (C=O) groups excluding carboxylic acids is 1. The van der Waals surface area contributed by atoms with Crippen LogP contribution in [0.1, 0.15) is 25.1 Å². The highest BCUT2D eigenvalue weighted by atomic mass is 16.5. The molecule has 2 aliphatic heterocycles. The number of piperazine rings is 1. The molecule has 0 aromatic carbocycles. The highest BCUT2D eigenvalue weighted by Gasteiger charge is 2.31. The molecule has 1 fully saturated rings. The zero-order valence-electron chi connectivity index (χ0n) is 18.8. The molecule has 2 amide bonds. The van der Waals surface area contributed by atoms with Crippen LogP contribution in [0.5, 0.6) is 5.88 Å². The Kier molecular flexibility index (Phi) is 5.09. The Labute approximate surface area is 186 Å². The van der Waals surface area contributed by atoms with E-state index in [0.717, 1.165) is 30.8 Å². The molecule has 5 rings (SSSR count). The quantitative estimate of drug-likeness (QED) is 0.649. The molecule has 5 heterocycles. The molecule has 0 saturated carbocycles. The summed E-state index contributed by atoms with van der Waals surface area (Å²) in [4.78, 5) is 30.6. The van der Waals surface area contributed by atoms with Gasteiger partial charge in [-0.2, -0.15) is 4.98 Å². The van der Waals surface area contributed by atoms with Gasteiger partial charge in [-0.3, -0.25) is 14.6 Å². The Morgan fingerprint density at radius 3 is 2.75 bits per heavy atom. The van der Waals surface area contributed by atoms with Gasteiger partial charge >= 0.3 is 6.03 Å². The Morgan fingerprint density at radius 1 is 1.22 bits per heavy atom. The van der Waals surface area contributed by atoms with Crippen molar-refractivity contribution >= 4 is 29.0 Å². The van der Waals surface area contributed by atoms with Crippen LogP contribution in [0.25, 0.3) is 5.65 Å². The fraction of sp³-hybridized carbons (Fsp3) is 0.455. The molecule has 3 aromatic heterocycles. The lowest BCUT2D eigenvalue weighted by atomic mass is 10.1. The fourth-order valence-corrected chi connectivity index (χ4v) is 4.76. The molecule has 0 bridgehead atoms. The van der Waals surface area contributed by atoms with Crippen LogP contribution in [0.3, 0.4) is 0 Å². The minimum absolute atomic E-state index is 0.263. The molecule has 2 atom stereocenters. The predicted molar refractivity (Wildman–Crippen MR) is 123 cm³/mol. The maximum atomic E-state index is 13.2. The number of carbonyl (C=O) groups is 1. The number of anilines is 3. The van der Waals surface area contributed by atoms with Crippen LogP contribution >= 0.6 is 0 Å². The Hall–Kier alpha value is -3.40. The van der Waals surface area contributed by atoms with Crippen molar-refractivity contribution in [2.75, 3.05) is 41.9 Å². The lowest BCUT2D eigenvalue weighted by molar-refractivity contribution is 0.257.